The van der Waals surface area contributed by atoms with E-state index >= 15 is 0 Å². The van der Waals surface area contributed by atoms with E-state index < -0.39 is 0 Å². The molecular weight excluding hydrogens is 806 g/mol. The number of hydrogen-bond donors (Lipinski definition) is 6. The van der Waals surface area contributed by atoms with Gasteiger partial charge in [0.2, 0.25) is 17.8 Å². The van der Waals surface area contributed by atoms with Crippen LogP contribution in [0, 0.1) is 11.8 Å². The lowest BCUT2D eigenvalue weighted by Crippen LogP contribution is -2.54. The molecular formula is C46H52ClN11O4. The number of nitrogens with zero attached hydrogens (tertiary/aromatic N) is 5. The first-order valence-corrected chi connectivity index (χ1v) is 21.8. The van der Waals surface area contributed by atoms with E-state index in [1.54, 1.807) is 25.2 Å². The predicted octanol–water partition coefficient (Wildman–Crippen LogP) is 5.27. The van der Waals surface area contributed by atoms with Gasteiger partial charge in [0.1, 0.15) is 5.02 Å². The molecule has 322 valence electrons. The van der Waals surface area contributed by atoms with Crippen LogP contribution in [0.2, 0.25) is 5.02 Å². The van der Waals surface area contributed by atoms with Gasteiger partial charge >= 0.3 is 6.03 Å². The Hall–Kier alpha value is -6.21. The Labute approximate surface area is 366 Å². The van der Waals surface area contributed by atoms with Gasteiger partial charge in [-0.3, -0.25) is 24.6 Å². The number of carbonyl (C=O) groups is 4. The van der Waals surface area contributed by atoms with Crippen LogP contribution in [0.15, 0.2) is 72.9 Å². The van der Waals surface area contributed by atoms with Gasteiger partial charge in [-0.2, -0.15) is 4.98 Å². The maximum absolute atomic E-state index is 13.2. The summed E-state index contributed by atoms with van der Waals surface area (Å²) in [5.41, 5.74) is 6.31. The standard InChI is InChI=1S/C46H52ClN11O4/c1-48-43(60)37-7-2-3-8-39(37)53-42-38(47)27-50-45(55-42)51-34-15-17-36(18-16-34)56-22-24-57(25-23-56)46(62)52-35-13-11-33(12-14-35)49-21-5-4-6-30-9-10-31-28-58(29-32(31)26-30)40-19-20-41(59)54-44(40)61/h2-3,7-10,15-18,26-27,33,35,40,49H,5,11-14,19-25,28-29H2,1H3,(H,48,60)(H,52,62)(H,54,59,61)(H2,50,51,53,55)/t33-,35+,40?. The van der Waals surface area contributed by atoms with Gasteiger partial charge in [-0.05, 0) is 91.8 Å². The summed E-state index contributed by atoms with van der Waals surface area (Å²) in [7, 11) is 1.58. The fourth-order valence-corrected chi connectivity index (χ4v) is 8.72. The van der Waals surface area contributed by atoms with Gasteiger partial charge in [0.15, 0.2) is 5.82 Å². The number of hydrogen-bond acceptors (Lipinski definition) is 11. The van der Waals surface area contributed by atoms with Gasteiger partial charge in [0.25, 0.3) is 5.91 Å². The molecule has 1 saturated carbocycles. The molecule has 0 radical (unpaired) electrons. The second kappa shape index (κ2) is 19.7. The lowest BCUT2D eigenvalue weighted by atomic mass is 9.91. The number of urea groups is 1. The minimum Gasteiger partial charge on any atom is -0.368 e. The fourth-order valence-electron chi connectivity index (χ4n) is 8.58. The van der Waals surface area contributed by atoms with Crippen molar-refractivity contribution in [3.8, 4) is 11.8 Å². The van der Waals surface area contributed by atoms with Gasteiger partial charge < -0.3 is 36.4 Å². The first-order chi connectivity index (χ1) is 30.2. The van der Waals surface area contributed by atoms with Gasteiger partial charge in [0, 0.05) is 94.7 Å². The number of para-hydroxylation sites is 1. The van der Waals surface area contributed by atoms with Crippen LogP contribution in [-0.2, 0) is 22.7 Å². The number of nitrogens with one attached hydrogen (secondary N) is 6. The molecule has 6 N–H and O–H groups in total. The van der Waals surface area contributed by atoms with Crippen LogP contribution in [0.1, 0.15) is 72.0 Å². The van der Waals surface area contributed by atoms with Gasteiger partial charge in [-0.1, -0.05) is 41.6 Å². The summed E-state index contributed by atoms with van der Waals surface area (Å²) in [6.07, 6.45) is 7.14. The third-order valence-corrected chi connectivity index (χ3v) is 12.3. The molecule has 62 heavy (non-hydrogen) atoms. The second-order valence-corrected chi connectivity index (χ2v) is 16.6. The number of halogens is 1. The molecule has 2 saturated heterocycles. The summed E-state index contributed by atoms with van der Waals surface area (Å²) >= 11 is 6.41. The number of benzene rings is 3. The highest BCUT2D eigenvalue weighted by Gasteiger charge is 2.35. The number of anilines is 5. The molecule has 1 unspecified atom stereocenters. The maximum atomic E-state index is 13.2. The third-order valence-electron chi connectivity index (χ3n) is 12.0. The summed E-state index contributed by atoms with van der Waals surface area (Å²) in [6.45, 7) is 5.00. The number of amides is 5. The third kappa shape index (κ3) is 10.4. The van der Waals surface area contributed by atoms with Crippen molar-refractivity contribution in [2.75, 3.05) is 55.3 Å². The Morgan fingerprint density at radius 1 is 0.887 bits per heavy atom. The van der Waals surface area contributed by atoms with Crippen molar-refractivity contribution >= 4 is 64.2 Å². The molecule has 15 nitrogen and oxygen atoms in total. The van der Waals surface area contributed by atoms with Crippen molar-refractivity contribution in [2.45, 2.75) is 76.2 Å². The van der Waals surface area contributed by atoms with E-state index in [-0.39, 0.29) is 35.8 Å². The molecule has 3 fully saturated rings. The van der Waals surface area contributed by atoms with Crippen molar-refractivity contribution in [3.05, 3.63) is 100 Å². The first kappa shape index (κ1) is 42.5. The van der Waals surface area contributed by atoms with E-state index in [1.165, 1.54) is 17.3 Å². The summed E-state index contributed by atoms with van der Waals surface area (Å²) < 4.78 is 0. The number of imide groups is 1. The number of piperidine rings is 1. The summed E-state index contributed by atoms with van der Waals surface area (Å²) in [5.74, 6) is 6.74. The SMILES string of the molecule is CNC(=O)c1ccccc1Nc1nc(Nc2ccc(N3CCN(C(=O)N[C@H]4CC[C@@H](NCCC#Cc5ccc6c(c5)CN(C5CCC(=O)NC5=O)C6)CC4)CC3)cc2)ncc1Cl. The smallest absolute Gasteiger partial charge is 0.317 e. The number of rotatable bonds is 11. The normalized spacial score (nSPS) is 20.1. The zero-order valence-electron chi connectivity index (χ0n) is 34.8. The van der Waals surface area contributed by atoms with Gasteiger partial charge in [-0.15, -0.1) is 0 Å². The van der Waals surface area contributed by atoms with E-state index in [4.69, 9.17) is 11.6 Å². The van der Waals surface area contributed by atoms with Crippen LogP contribution < -0.4 is 36.8 Å². The molecule has 3 aliphatic heterocycles. The molecule has 1 aliphatic carbocycles. The highest BCUT2D eigenvalue weighted by Crippen LogP contribution is 2.30. The van der Waals surface area contributed by atoms with Crippen LogP contribution in [0.25, 0.3) is 0 Å². The lowest BCUT2D eigenvalue weighted by Gasteiger charge is -2.37. The number of carbonyl (C=O) groups excluding carboxylic acids is 4. The van der Waals surface area contributed by atoms with Crippen molar-refractivity contribution in [3.63, 3.8) is 0 Å². The largest absolute Gasteiger partial charge is 0.368 e. The van der Waals surface area contributed by atoms with Crippen LogP contribution in [0.4, 0.5) is 33.6 Å². The van der Waals surface area contributed by atoms with E-state index in [0.717, 1.165) is 68.7 Å². The molecule has 0 spiro atoms. The second-order valence-electron chi connectivity index (χ2n) is 16.1. The van der Waals surface area contributed by atoms with E-state index in [9.17, 15) is 19.2 Å². The van der Waals surface area contributed by atoms with Gasteiger partial charge in [0.05, 0.1) is 23.5 Å². The Morgan fingerprint density at radius 2 is 1.65 bits per heavy atom. The maximum Gasteiger partial charge on any atom is 0.317 e. The Balaban J connectivity index is 0.722. The zero-order chi connectivity index (χ0) is 43.0. The molecule has 16 heteroatoms. The zero-order valence-corrected chi connectivity index (χ0v) is 35.6. The Morgan fingerprint density at radius 3 is 2.42 bits per heavy atom. The monoisotopic (exact) mass is 857 g/mol. The summed E-state index contributed by atoms with van der Waals surface area (Å²) in [6, 6.07) is 21.8. The van der Waals surface area contributed by atoms with Crippen molar-refractivity contribution in [1.82, 2.24) is 41.0 Å². The van der Waals surface area contributed by atoms with Crippen LogP contribution in [0.3, 0.4) is 0 Å². The number of aromatic nitrogens is 2. The topological polar surface area (TPSA) is 176 Å². The Bertz CT molecular complexity index is 2350. The van der Waals surface area contributed by atoms with E-state index in [1.807, 2.05) is 35.2 Å². The minimum absolute atomic E-state index is 0.0139. The molecule has 4 heterocycles. The molecule has 8 rings (SSSR count). The summed E-state index contributed by atoms with van der Waals surface area (Å²) in [5, 5.41) is 18.8. The van der Waals surface area contributed by atoms with Gasteiger partial charge in [-0.25, -0.2) is 9.78 Å². The molecule has 4 aliphatic rings. The first-order valence-electron chi connectivity index (χ1n) is 21.4. The van der Waals surface area contributed by atoms with Crippen LogP contribution in [0.5, 0.6) is 0 Å². The molecule has 1 atom stereocenters. The minimum atomic E-state index is -0.259. The quantitative estimate of drug-likeness (QED) is 0.0659. The average molecular weight is 858 g/mol. The molecule has 0 bridgehead atoms. The van der Waals surface area contributed by atoms with E-state index in [0.29, 0.717) is 73.1 Å². The molecule has 4 aromatic rings. The van der Waals surface area contributed by atoms with Crippen molar-refractivity contribution in [1.29, 1.82) is 0 Å². The van der Waals surface area contributed by atoms with Crippen molar-refractivity contribution in [2.24, 2.45) is 0 Å². The highest BCUT2D eigenvalue weighted by molar-refractivity contribution is 6.33. The van der Waals surface area contributed by atoms with Crippen LogP contribution >= 0.6 is 11.6 Å². The molecule has 5 amide bonds. The fraction of sp³-hybridized carbons (Fsp3) is 0.391. The number of piperazine rings is 1. The number of fused-ring (bicyclic) bond motifs is 1. The lowest BCUT2D eigenvalue weighted by molar-refractivity contribution is -0.137. The summed E-state index contributed by atoms with van der Waals surface area (Å²) in [4.78, 5) is 64.7. The van der Waals surface area contributed by atoms with Crippen molar-refractivity contribution < 1.29 is 19.2 Å². The predicted molar refractivity (Wildman–Crippen MR) is 240 cm³/mol. The van der Waals surface area contributed by atoms with Crippen LogP contribution in [-0.4, -0.2) is 101 Å². The molecule has 3 aromatic carbocycles. The average Bonchev–Trinajstić information content (AvgIpc) is 3.71. The highest BCUT2D eigenvalue weighted by atomic mass is 35.5. The van der Waals surface area contributed by atoms with E-state index in [2.05, 4.69) is 81.7 Å². The Kier molecular flexibility index (Phi) is 13.5. The molecule has 1 aromatic heterocycles.